The SMILES string of the molecule is OCc1nccn1CCCOc1ccc(CCc2coc(/C=C/c3ccc(Br)cc3F)n2)cc1. The quantitative estimate of drug-likeness (QED) is 0.254. The zero-order valence-corrected chi connectivity index (χ0v) is 20.1. The Morgan fingerprint density at radius 1 is 1.12 bits per heavy atom. The van der Waals surface area contributed by atoms with Crippen LogP contribution in [0.1, 0.15) is 35.0 Å². The van der Waals surface area contributed by atoms with Gasteiger partial charge in [0.05, 0.1) is 12.3 Å². The summed E-state index contributed by atoms with van der Waals surface area (Å²) in [5, 5.41) is 9.23. The molecule has 0 fully saturated rings. The lowest BCUT2D eigenvalue weighted by atomic mass is 10.1. The topological polar surface area (TPSA) is 73.3 Å². The molecule has 6 nitrogen and oxygen atoms in total. The minimum atomic E-state index is -0.307. The van der Waals surface area contributed by atoms with Crippen LogP contribution in [0.4, 0.5) is 4.39 Å². The maximum atomic E-state index is 13.9. The maximum Gasteiger partial charge on any atom is 0.218 e. The summed E-state index contributed by atoms with van der Waals surface area (Å²) in [6.07, 6.45) is 10.9. The number of imidazole rings is 1. The summed E-state index contributed by atoms with van der Waals surface area (Å²) in [4.78, 5) is 8.55. The molecule has 0 bridgehead atoms. The molecule has 1 N–H and O–H groups in total. The van der Waals surface area contributed by atoms with Crippen LogP contribution in [0, 0.1) is 5.82 Å². The van der Waals surface area contributed by atoms with Gasteiger partial charge in [0.25, 0.3) is 0 Å². The lowest BCUT2D eigenvalue weighted by Crippen LogP contribution is -2.07. The van der Waals surface area contributed by atoms with Gasteiger partial charge >= 0.3 is 0 Å². The number of rotatable bonds is 11. The van der Waals surface area contributed by atoms with Crippen LogP contribution in [-0.4, -0.2) is 26.2 Å². The van der Waals surface area contributed by atoms with Gasteiger partial charge in [-0.15, -0.1) is 0 Å². The number of oxazole rings is 1. The van der Waals surface area contributed by atoms with Crippen LogP contribution in [0.15, 0.2) is 70.0 Å². The van der Waals surface area contributed by atoms with Gasteiger partial charge in [-0.25, -0.2) is 14.4 Å². The molecule has 2 aromatic carbocycles. The van der Waals surface area contributed by atoms with E-state index in [1.165, 1.54) is 11.6 Å². The third kappa shape index (κ3) is 6.65. The smallest absolute Gasteiger partial charge is 0.218 e. The Balaban J connectivity index is 1.21. The zero-order valence-electron chi connectivity index (χ0n) is 18.5. The fraction of sp³-hybridized carbons (Fsp3) is 0.231. The summed E-state index contributed by atoms with van der Waals surface area (Å²) in [6, 6.07) is 12.9. The molecule has 34 heavy (non-hydrogen) atoms. The number of benzene rings is 2. The lowest BCUT2D eigenvalue weighted by molar-refractivity contribution is 0.260. The Hall–Kier alpha value is -3.23. The number of aromatic nitrogens is 3. The number of aryl methyl sites for hydroxylation is 3. The van der Waals surface area contributed by atoms with Crippen LogP contribution in [0.25, 0.3) is 12.2 Å². The molecule has 0 aliphatic carbocycles. The largest absolute Gasteiger partial charge is 0.494 e. The van der Waals surface area contributed by atoms with E-state index in [0.717, 1.165) is 37.3 Å². The monoisotopic (exact) mass is 525 g/mol. The molecule has 0 spiro atoms. The minimum absolute atomic E-state index is 0.0619. The van der Waals surface area contributed by atoms with Crippen molar-refractivity contribution in [2.24, 2.45) is 0 Å². The highest BCUT2D eigenvalue weighted by Crippen LogP contribution is 2.18. The average molecular weight is 526 g/mol. The van der Waals surface area contributed by atoms with Crippen LogP contribution in [-0.2, 0) is 26.0 Å². The predicted molar refractivity (Wildman–Crippen MR) is 132 cm³/mol. The first-order chi connectivity index (χ1) is 16.6. The number of ether oxygens (including phenoxy) is 1. The number of halogens is 2. The Kier molecular flexibility index (Phi) is 8.27. The Morgan fingerprint density at radius 2 is 1.97 bits per heavy atom. The summed E-state index contributed by atoms with van der Waals surface area (Å²) in [7, 11) is 0. The number of nitrogens with zero attached hydrogens (tertiary/aromatic N) is 3. The van der Waals surface area contributed by atoms with E-state index in [1.807, 2.05) is 35.0 Å². The summed E-state index contributed by atoms with van der Waals surface area (Å²) in [6.45, 7) is 1.27. The van der Waals surface area contributed by atoms with E-state index in [1.54, 1.807) is 36.7 Å². The Morgan fingerprint density at radius 3 is 2.76 bits per heavy atom. The van der Waals surface area contributed by atoms with Crippen LogP contribution in [0.3, 0.4) is 0 Å². The molecule has 4 rings (SSSR count). The van der Waals surface area contributed by atoms with Gasteiger partial charge in [0.15, 0.2) is 0 Å². The van der Waals surface area contributed by atoms with Crippen molar-refractivity contribution in [2.45, 2.75) is 32.4 Å². The number of aliphatic hydroxyl groups excluding tert-OH is 1. The third-order valence-corrected chi connectivity index (χ3v) is 5.78. The molecular weight excluding hydrogens is 501 g/mol. The molecule has 0 aliphatic heterocycles. The third-order valence-electron chi connectivity index (χ3n) is 5.29. The lowest BCUT2D eigenvalue weighted by Gasteiger charge is -2.09. The first kappa shape index (κ1) is 23.9. The summed E-state index contributed by atoms with van der Waals surface area (Å²) >= 11 is 3.25. The van der Waals surface area contributed by atoms with Crippen molar-refractivity contribution in [3.63, 3.8) is 0 Å². The van der Waals surface area contributed by atoms with E-state index in [0.29, 0.717) is 28.4 Å². The van der Waals surface area contributed by atoms with Crippen molar-refractivity contribution in [1.82, 2.24) is 14.5 Å². The van der Waals surface area contributed by atoms with E-state index in [9.17, 15) is 9.50 Å². The van der Waals surface area contributed by atoms with Crippen molar-refractivity contribution in [3.8, 4) is 5.75 Å². The van der Waals surface area contributed by atoms with Crippen molar-refractivity contribution in [1.29, 1.82) is 0 Å². The van der Waals surface area contributed by atoms with Crippen molar-refractivity contribution >= 4 is 28.1 Å². The first-order valence-electron chi connectivity index (χ1n) is 11.0. The maximum absolute atomic E-state index is 13.9. The molecule has 0 amide bonds. The normalized spacial score (nSPS) is 11.4. The highest BCUT2D eigenvalue weighted by atomic mass is 79.9. The van der Waals surface area contributed by atoms with Gasteiger partial charge in [-0.1, -0.05) is 34.1 Å². The molecule has 4 aromatic rings. The molecule has 2 heterocycles. The minimum Gasteiger partial charge on any atom is -0.494 e. The average Bonchev–Trinajstić information content (AvgIpc) is 3.50. The van der Waals surface area contributed by atoms with Crippen molar-refractivity contribution < 1.29 is 18.7 Å². The molecular formula is C26H25BrFN3O3. The van der Waals surface area contributed by atoms with E-state index < -0.39 is 0 Å². The van der Waals surface area contributed by atoms with Crippen LogP contribution in [0.2, 0.25) is 0 Å². The predicted octanol–water partition coefficient (Wildman–Crippen LogP) is 5.69. The second-order valence-corrected chi connectivity index (χ2v) is 8.63. The van der Waals surface area contributed by atoms with Gasteiger partial charge in [0.1, 0.15) is 30.3 Å². The Labute approximate surface area is 205 Å². The van der Waals surface area contributed by atoms with Gasteiger partial charge in [-0.2, -0.15) is 0 Å². The molecule has 0 radical (unpaired) electrons. The number of aliphatic hydroxyl groups is 1. The van der Waals surface area contributed by atoms with Crippen LogP contribution < -0.4 is 4.74 Å². The molecule has 0 saturated carbocycles. The second-order valence-electron chi connectivity index (χ2n) is 7.72. The van der Waals surface area contributed by atoms with Crippen LogP contribution >= 0.6 is 15.9 Å². The fourth-order valence-electron chi connectivity index (χ4n) is 3.46. The van der Waals surface area contributed by atoms with Gasteiger partial charge < -0.3 is 18.8 Å². The van der Waals surface area contributed by atoms with Gasteiger partial charge in [0.2, 0.25) is 5.89 Å². The van der Waals surface area contributed by atoms with Gasteiger partial charge in [-0.3, -0.25) is 0 Å². The summed E-state index contributed by atoms with van der Waals surface area (Å²) < 4.78 is 27.8. The summed E-state index contributed by atoms with van der Waals surface area (Å²) in [5.74, 6) is 1.63. The van der Waals surface area contributed by atoms with Crippen molar-refractivity contribution in [2.75, 3.05) is 6.61 Å². The molecule has 0 unspecified atom stereocenters. The van der Waals surface area contributed by atoms with Gasteiger partial charge in [0, 0.05) is 35.1 Å². The molecule has 176 valence electrons. The fourth-order valence-corrected chi connectivity index (χ4v) is 3.79. The molecule has 0 saturated heterocycles. The highest BCUT2D eigenvalue weighted by molar-refractivity contribution is 9.10. The van der Waals surface area contributed by atoms with E-state index >= 15 is 0 Å². The van der Waals surface area contributed by atoms with E-state index in [2.05, 4.69) is 25.9 Å². The first-order valence-corrected chi connectivity index (χ1v) is 11.8. The Bertz CT molecular complexity index is 1230. The molecule has 0 aliphatic rings. The van der Waals surface area contributed by atoms with E-state index in [4.69, 9.17) is 9.15 Å². The number of hydrogen-bond donors (Lipinski definition) is 1. The van der Waals surface area contributed by atoms with Gasteiger partial charge in [-0.05, 0) is 55.2 Å². The summed E-state index contributed by atoms with van der Waals surface area (Å²) in [5.41, 5.74) is 2.50. The molecule has 2 aromatic heterocycles. The molecule has 0 atom stereocenters. The number of hydrogen-bond acceptors (Lipinski definition) is 5. The van der Waals surface area contributed by atoms with Crippen LogP contribution in [0.5, 0.6) is 5.75 Å². The molecule has 8 heteroatoms. The van der Waals surface area contributed by atoms with Crippen molar-refractivity contribution in [3.05, 3.63) is 99.9 Å². The zero-order chi connectivity index (χ0) is 23.8. The standard InChI is InChI=1S/C26H25BrFN3O3/c27-21-7-5-20(24(28)16-21)6-11-26-30-22(18-34-26)8-2-19-3-9-23(10-4-19)33-15-1-13-31-14-12-29-25(31)17-32/h3-7,9-12,14,16,18,32H,1-2,8,13,15,17H2/b11-6+. The van der Waals surface area contributed by atoms with E-state index in [-0.39, 0.29) is 12.4 Å². The highest BCUT2D eigenvalue weighted by Gasteiger charge is 2.05. The second kappa shape index (κ2) is 11.8.